The topological polar surface area (TPSA) is 54.5 Å². The van der Waals surface area contributed by atoms with E-state index in [9.17, 15) is 4.79 Å². The highest BCUT2D eigenvalue weighted by Crippen LogP contribution is 2.57. The van der Waals surface area contributed by atoms with Crippen molar-refractivity contribution in [1.82, 2.24) is 15.2 Å². The fraction of sp³-hybridized carbons (Fsp3) is 0.556. The van der Waals surface area contributed by atoms with E-state index in [1.807, 2.05) is 44.1 Å². The first-order valence-electron chi connectivity index (χ1n) is 12.1. The number of benzene rings is 1. The number of aryl methyl sites for hydroxylation is 1. The Morgan fingerprint density at radius 1 is 1.22 bits per heavy atom. The highest BCUT2D eigenvalue weighted by Gasteiger charge is 2.57. The van der Waals surface area contributed by atoms with Crippen LogP contribution in [0.1, 0.15) is 57.6 Å². The summed E-state index contributed by atoms with van der Waals surface area (Å²) in [5.41, 5.74) is 5.44. The molecule has 1 saturated heterocycles. The van der Waals surface area contributed by atoms with Crippen LogP contribution in [0.15, 0.2) is 42.7 Å². The number of hydrogen-bond donors (Lipinski definition) is 1. The first-order chi connectivity index (χ1) is 15.3. The summed E-state index contributed by atoms with van der Waals surface area (Å²) >= 11 is 0. The molecule has 1 saturated carbocycles. The number of ether oxygens (including phenoxy) is 1. The van der Waals surface area contributed by atoms with Gasteiger partial charge in [-0.2, -0.15) is 0 Å². The van der Waals surface area contributed by atoms with Gasteiger partial charge in [0.15, 0.2) is 0 Å². The minimum atomic E-state index is -0.426. The number of aromatic nitrogens is 1. The van der Waals surface area contributed by atoms with Crippen LogP contribution in [0.5, 0.6) is 0 Å². The predicted octanol–water partition coefficient (Wildman–Crippen LogP) is 4.94. The molecular formula is C27H35N3O2. The first kappa shape index (κ1) is 21.4. The Balaban J connectivity index is 1.16. The number of pyridine rings is 1. The van der Waals surface area contributed by atoms with Gasteiger partial charge in [-0.1, -0.05) is 24.3 Å². The Bertz CT molecular complexity index is 976. The molecule has 0 bridgehead atoms. The number of fused-ring (bicyclic) bond motifs is 2. The number of nitrogens with zero attached hydrogens (tertiary/aromatic N) is 2. The SMILES string of the molecule is CC(C)(C)OC(=O)N1CCC(CNC2CC23CCc2ccc(-c4cccnc4)cc23)CC1. The number of likely N-dealkylation sites (tertiary alicyclic amines) is 1. The third-order valence-electron chi connectivity index (χ3n) is 7.48. The molecule has 0 radical (unpaired) electrons. The van der Waals surface area contributed by atoms with Crippen molar-refractivity contribution in [3.05, 3.63) is 53.9 Å². The van der Waals surface area contributed by atoms with Gasteiger partial charge < -0.3 is 15.0 Å². The van der Waals surface area contributed by atoms with Crippen LogP contribution in [-0.2, 0) is 16.6 Å². The van der Waals surface area contributed by atoms with Crippen LogP contribution in [0.25, 0.3) is 11.1 Å². The first-order valence-corrected chi connectivity index (χ1v) is 12.1. The number of rotatable bonds is 4. The molecule has 170 valence electrons. The number of amides is 1. The van der Waals surface area contributed by atoms with Crippen molar-refractivity contribution >= 4 is 6.09 Å². The van der Waals surface area contributed by atoms with Crippen molar-refractivity contribution in [2.45, 2.75) is 69.9 Å². The van der Waals surface area contributed by atoms with Crippen LogP contribution in [0.4, 0.5) is 4.79 Å². The largest absolute Gasteiger partial charge is 0.444 e. The third kappa shape index (κ3) is 4.27. The zero-order valence-corrected chi connectivity index (χ0v) is 19.6. The molecule has 5 rings (SSSR count). The Hall–Kier alpha value is -2.40. The quantitative estimate of drug-likeness (QED) is 0.742. The summed E-state index contributed by atoms with van der Waals surface area (Å²) < 4.78 is 5.53. The van der Waals surface area contributed by atoms with Crippen molar-refractivity contribution in [1.29, 1.82) is 0 Å². The lowest BCUT2D eigenvalue weighted by molar-refractivity contribution is 0.0184. The zero-order chi connectivity index (χ0) is 22.3. The van der Waals surface area contributed by atoms with Gasteiger partial charge in [0.05, 0.1) is 0 Å². The van der Waals surface area contributed by atoms with Gasteiger partial charge in [-0.05, 0) is 93.7 Å². The monoisotopic (exact) mass is 433 g/mol. The average molecular weight is 434 g/mol. The highest BCUT2D eigenvalue weighted by molar-refractivity contribution is 5.68. The normalized spacial score (nSPS) is 25.1. The second-order valence-electron chi connectivity index (χ2n) is 10.8. The number of carbonyl (C=O) groups is 1. The van der Waals surface area contributed by atoms with Crippen LogP contribution < -0.4 is 5.32 Å². The summed E-state index contributed by atoms with van der Waals surface area (Å²) in [5.74, 6) is 0.633. The molecular weight excluding hydrogens is 398 g/mol. The smallest absolute Gasteiger partial charge is 0.410 e. The number of piperidine rings is 1. The molecule has 32 heavy (non-hydrogen) atoms. The van der Waals surface area contributed by atoms with Gasteiger partial charge in [-0.15, -0.1) is 0 Å². The lowest BCUT2D eigenvalue weighted by Crippen LogP contribution is -2.43. The maximum atomic E-state index is 12.3. The average Bonchev–Trinajstić information content (AvgIpc) is 3.37. The van der Waals surface area contributed by atoms with Gasteiger partial charge in [-0.25, -0.2) is 4.79 Å². The van der Waals surface area contributed by atoms with Crippen molar-refractivity contribution in [2.24, 2.45) is 5.92 Å². The lowest BCUT2D eigenvalue weighted by Gasteiger charge is -2.33. The maximum absolute atomic E-state index is 12.3. The molecule has 1 amide bonds. The van der Waals surface area contributed by atoms with E-state index >= 15 is 0 Å². The molecule has 5 nitrogen and oxygen atoms in total. The minimum Gasteiger partial charge on any atom is -0.444 e. The molecule has 1 spiro atoms. The van der Waals surface area contributed by atoms with Gasteiger partial charge >= 0.3 is 6.09 Å². The molecule has 1 aliphatic heterocycles. The van der Waals surface area contributed by atoms with E-state index in [2.05, 4.69) is 34.6 Å². The van der Waals surface area contributed by atoms with E-state index < -0.39 is 5.60 Å². The molecule has 1 N–H and O–H groups in total. The molecule has 2 aliphatic carbocycles. The second-order valence-corrected chi connectivity index (χ2v) is 10.8. The Morgan fingerprint density at radius 3 is 2.75 bits per heavy atom. The van der Waals surface area contributed by atoms with E-state index in [1.165, 1.54) is 36.0 Å². The van der Waals surface area contributed by atoms with Gasteiger partial charge in [0.1, 0.15) is 5.60 Å². The van der Waals surface area contributed by atoms with Gasteiger partial charge in [-0.3, -0.25) is 4.98 Å². The molecule has 2 fully saturated rings. The van der Waals surface area contributed by atoms with Crippen molar-refractivity contribution < 1.29 is 9.53 Å². The molecule has 2 aromatic rings. The molecule has 3 aliphatic rings. The van der Waals surface area contributed by atoms with E-state index in [-0.39, 0.29) is 6.09 Å². The zero-order valence-electron chi connectivity index (χ0n) is 19.6. The summed E-state index contributed by atoms with van der Waals surface area (Å²) in [6, 6.07) is 11.7. The Kier molecular flexibility index (Phi) is 5.48. The lowest BCUT2D eigenvalue weighted by atomic mass is 9.93. The fourth-order valence-corrected chi connectivity index (χ4v) is 5.57. The van der Waals surface area contributed by atoms with Crippen molar-refractivity contribution in [2.75, 3.05) is 19.6 Å². The Labute approximate surface area is 191 Å². The van der Waals surface area contributed by atoms with Gasteiger partial charge in [0, 0.05) is 36.9 Å². The maximum Gasteiger partial charge on any atom is 0.410 e. The molecule has 5 heteroatoms. The van der Waals surface area contributed by atoms with Crippen LogP contribution >= 0.6 is 0 Å². The van der Waals surface area contributed by atoms with Crippen LogP contribution in [0.3, 0.4) is 0 Å². The molecule has 1 aromatic carbocycles. The summed E-state index contributed by atoms with van der Waals surface area (Å²) in [6.07, 6.45) is 9.40. The predicted molar refractivity (Wildman–Crippen MR) is 127 cm³/mol. The van der Waals surface area contributed by atoms with Crippen LogP contribution in [-0.4, -0.2) is 47.3 Å². The number of carbonyl (C=O) groups excluding carboxylic acids is 1. The number of hydrogen-bond acceptors (Lipinski definition) is 4. The Morgan fingerprint density at radius 2 is 2.03 bits per heavy atom. The van der Waals surface area contributed by atoms with E-state index in [4.69, 9.17) is 4.74 Å². The van der Waals surface area contributed by atoms with E-state index in [0.29, 0.717) is 17.4 Å². The minimum absolute atomic E-state index is 0.169. The fourth-order valence-electron chi connectivity index (χ4n) is 5.57. The van der Waals surface area contributed by atoms with E-state index in [0.717, 1.165) is 32.5 Å². The summed E-state index contributed by atoms with van der Waals surface area (Å²) in [5, 5.41) is 3.89. The van der Waals surface area contributed by atoms with Crippen molar-refractivity contribution in [3.63, 3.8) is 0 Å². The molecule has 2 atom stereocenters. The van der Waals surface area contributed by atoms with Crippen LogP contribution in [0.2, 0.25) is 0 Å². The van der Waals surface area contributed by atoms with Gasteiger partial charge in [0.2, 0.25) is 0 Å². The molecule has 1 aromatic heterocycles. The summed E-state index contributed by atoms with van der Waals surface area (Å²) in [7, 11) is 0. The van der Waals surface area contributed by atoms with E-state index in [1.54, 1.807) is 5.56 Å². The summed E-state index contributed by atoms with van der Waals surface area (Å²) in [4.78, 5) is 18.5. The summed E-state index contributed by atoms with van der Waals surface area (Å²) in [6.45, 7) is 8.42. The van der Waals surface area contributed by atoms with Crippen LogP contribution in [0, 0.1) is 5.92 Å². The standard InChI is InChI=1S/C27H35N3O2/c1-26(2,3)32-25(31)30-13-9-19(10-14-30)17-29-24-16-27(24)11-8-20-6-7-21(15-23(20)27)22-5-4-12-28-18-22/h4-7,12,15,18-19,24,29H,8-11,13-14,16-17H2,1-3H3. The number of nitrogens with one attached hydrogen (secondary N) is 1. The molecule has 2 unspecified atom stereocenters. The second kappa shape index (κ2) is 8.18. The van der Waals surface area contributed by atoms with Crippen molar-refractivity contribution in [3.8, 4) is 11.1 Å². The molecule has 2 heterocycles. The third-order valence-corrected chi connectivity index (χ3v) is 7.48. The van der Waals surface area contributed by atoms with Gasteiger partial charge in [0.25, 0.3) is 0 Å². The highest BCUT2D eigenvalue weighted by atomic mass is 16.6.